The van der Waals surface area contributed by atoms with Crippen LogP contribution in [0.2, 0.25) is 0 Å². The standard InChI is InChI=1S/C19H24FN3O/c1-21-19(22-11-10-15-6-4-3-5-7-15)23-13-16-8-9-18(20)17(12-16)14-24-2/h3-9,12H,10-11,13-14H2,1-2H3,(H2,21,22,23). The highest BCUT2D eigenvalue weighted by Gasteiger charge is 2.04. The van der Waals surface area contributed by atoms with E-state index in [1.165, 1.54) is 11.6 Å². The molecular formula is C19H24FN3O. The maximum atomic E-state index is 13.6. The highest BCUT2D eigenvalue weighted by molar-refractivity contribution is 5.79. The molecule has 5 heteroatoms. The summed E-state index contributed by atoms with van der Waals surface area (Å²) in [7, 11) is 3.29. The fourth-order valence-electron chi connectivity index (χ4n) is 2.38. The van der Waals surface area contributed by atoms with Crippen LogP contribution in [0.25, 0.3) is 0 Å². The number of benzene rings is 2. The Balaban J connectivity index is 1.82. The Kier molecular flexibility index (Phi) is 7.23. The molecule has 2 rings (SSSR count). The van der Waals surface area contributed by atoms with Crippen molar-refractivity contribution >= 4 is 5.96 Å². The van der Waals surface area contributed by atoms with E-state index in [0.717, 1.165) is 24.5 Å². The zero-order valence-electron chi connectivity index (χ0n) is 14.2. The first kappa shape index (κ1) is 17.9. The molecule has 0 bridgehead atoms. The lowest BCUT2D eigenvalue weighted by atomic mass is 10.1. The van der Waals surface area contributed by atoms with E-state index in [9.17, 15) is 4.39 Å². The lowest BCUT2D eigenvalue weighted by Gasteiger charge is -2.13. The van der Waals surface area contributed by atoms with Crippen molar-refractivity contribution in [3.63, 3.8) is 0 Å². The van der Waals surface area contributed by atoms with Gasteiger partial charge in [-0.25, -0.2) is 4.39 Å². The van der Waals surface area contributed by atoms with Crippen molar-refractivity contribution in [3.8, 4) is 0 Å². The second kappa shape index (κ2) is 9.67. The van der Waals surface area contributed by atoms with E-state index in [4.69, 9.17) is 4.74 Å². The van der Waals surface area contributed by atoms with Crippen LogP contribution in [0.4, 0.5) is 4.39 Å². The molecule has 0 aliphatic rings. The molecule has 2 N–H and O–H groups in total. The molecule has 0 aliphatic carbocycles. The summed E-state index contributed by atoms with van der Waals surface area (Å²) in [5, 5.41) is 6.52. The summed E-state index contributed by atoms with van der Waals surface area (Å²) in [6.45, 7) is 1.63. The lowest BCUT2D eigenvalue weighted by molar-refractivity contribution is 0.181. The number of halogens is 1. The fourth-order valence-corrected chi connectivity index (χ4v) is 2.38. The number of ether oxygens (including phenoxy) is 1. The molecule has 0 saturated heterocycles. The van der Waals surface area contributed by atoms with Crippen molar-refractivity contribution in [1.29, 1.82) is 0 Å². The summed E-state index contributed by atoms with van der Waals surface area (Å²) in [5.41, 5.74) is 2.82. The van der Waals surface area contributed by atoms with Gasteiger partial charge in [0.2, 0.25) is 0 Å². The van der Waals surface area contributed by atoms with Crippen LogP contribution in [-0.4, -0.2) is 26.7 Å². The van der Waals surface area contributed by atoms with E-state index in [1.807, 2.05) is 24.3 Å². The van der Waals surface area contributed by atoms with Gasteiger partial charge in [0.25, 0.3) is 0 Å². The van der Waals surface area contributed by atoms with Crippen LogP contribution in [-0.2, 0) is 24.3 Å². The Morgan fingerprint density at radius 1 is 1.08 bits per heavy atom. The zero-order chi connectivity index (χ0) is 17.2. The first-order chi connectivity index (χ1) is 11.7. The zero-order valence-corrected chi connectivity index (χ0v) is 14.2. The maximum Gasteiger partial charge on any atom is 0.191 e. The van der Waals surface area contributed by atoms with Crippen LogP contribution < -0.4 is 10.6 Å². The van der Waals surface area contributed by atoms with Gasteiger partial charge in [0.05, 0.1) is 6.61 Å². The molecule has 0 aromatic heterocycles. The maximum absolute atomic E-state index is 13.6. The molecule has 2 aromatic rings. The van der Waals surface area contributed by atoms with Gasteiger partial charge in [-0.05, 0) is 29.7 Å². The molecule has 0 heterocycles. The average molecular weight is 329 g/mol. The summed E-state index contributed by atoms with van der Waals surface area (Å²) in [4.78, 5) is 4.21. The predicted octanol–water partition coefficient (Wildman–Crippen LogP) is 2.88. The number of rotatable bonds is 7. The molecule has 2 aromatic carbocycles. The number of methoxy groups -OCH3 is 1. The van der Waals surface area contributed by atoms with E-state index in [2.05, 4.69) is 27.8 Å². The van der Waals surface area contributed by atoms with Gasteiger partial charge >= 0.3 is 0 Å². The quantitative estimate of drug-likeness (QED) is 0.606. The number of hydrogen-bond donors (Lipinski definition) is 2. The molecule has 0 amide bonds. The number of aliphatic imine (C=N–C) groups is 1. The molecule has 0 spiro atoms. The smallest absolute Gasteiger partial charge is 0.191 e. The van der Waals surface area contributed by atoms with Crippen LogP contribution in [0.15, 0.2) is 53.5 Å². The summed E-state index contributed by atoms with van der Waals surface area (Å²) in [6, 6.07) is 15.3. The molecule has 4 nitrogen and oxygen atoms in total. The Morgan fingerprint density at radius 3 is 2.58 bits per heavy atom. The third kappa shape index (κ3) is 5.66. The van der Waals surface area contributed by atoms with E-state index in [-0.39, 0.29) is 12.4 Å². The van der Waals surface area contributed by atoms with Gasteiger partial charge in [0, 0.05) is 32.8 Å². The first-order valence-electron chi connectivity index (χ1n) is 7.97. The molecule has 0 atom stereocenters. The molecule has 0 saturated carbocycles. The molecule has 0 radical (unpaired) electrons. The second-order valence-corrected chi connectivity index (χ2v) is 5.45. The van der Waals surface area contributed by atoms with Gasteiger partial charge in [-0.15, -0.1) is 0 Å². The largest absolute Gasteiger partial charge is 0.380 e. The van der Waals surface area contributed by atoms with Crippen LogP contribution in [0.5, 0.6) is 0 Å². The first-order valence-corrected chi connectivity index (χ1v) is 7.97. The summed E-state index contributed by atoms with van der Waals surface area (Å²) >= 11 is 0. The van der Waals surface area contributed by atoms with Crippen molar-refractivity contribution in [2.45, 2.75) is 19.6 Å². The van der Waals surface area contributed by atoms with Crippen molar-refractivity contribution in [3.05, 3.63) is 71.0 Å². The highest BCUT2D eigenvalue weighted by atomic mass is 19.1. The fraction of sp³-hybridized carbons (Fsp3) is 0.316. The van der Waals surface area contributed by atoms with Crippen LogP contribution in [0.3, 0.4) is 0 Å². The Morgan fingerprint density at radius 2 is 1.88 bits per heavy atom. The van der Waals surface area contributed by atoms with E-state index in [0.29, 0.717) is 12.1 Å². The third-order valence-electron chi connectivity index (χ3n) is 3.64. The number of nitrogens with one attached hydrogen (secondary N) is 2. The molecule has 128 valence electrons. The Hall–Kier alpha value is -2.40. The highest BCUT2D eigenvalue weighted by Crippen LogP contribution is 2.11. The molecular weight excluding hydrogens is 305 g/mol. The van der Waals surface area contributed by atoms with E-state index >= 15 is 0 Å². The number of nitrogens with zero attached hydrogens (tertiary/aromatic N) is 1. The number of hydrogen-bond acceptors (Lipinski definition) is 2. The lowest BCUT2D eigenvalue weighted by Crippen LogP contribution is -2.37. The second-order valence-electron chi connectivity index (χ2n) is 5.45. The van der Waals surface area contributed by atoms with Gasteiger partial charge < -0.3 is 15.4 Å². The van der Waals surface area contributed by atoms with Gasteiger partial charge in [-0.2, -0.15) is 0 Å². The van der Waals surface area contributed by atoms with Crippen LogP contribution in [0, 0.1) is 5.82 Å². The average Bonchev–Trinajstić information content (AvgIpc) is 2.61. The van der Waals surface area contributed by atoms with Gasteiger partial charge in [-0.1, -0.05) is 36.4 Å². The topological polar surface area (TPSA) is 45.7 Å². The minimum atomic E-state index is -0.244. The van der Waals surface area contributed by atoms with Gasteiger partial charge in [0.1, 0.15) is 5.82 Å². The van der Waals surface area contributed by atoms with Gasteiger partial charge in [-0.3, -0.25) is 4.99 Å². The van der Waals surface area contributed by atoms with Crippen molar-refractivity contribution in [2.24, 2.45) is 4.99 Å². The molecule has 24 heavy (non-hydrogen) atoms. The number of guanidine groups is 1. The molecule has 0 fully saturated rings. The molecule has 0 unspecified atom stereocenters. The summed E-state index contributed by atoms with van der Waals surface area (Å²) < 4.78 is 18.6. The predicted molar refractivity (Wildman–Crippen MR) is 95.5 cm³/mol. The van der Waals surface area contributed by atoms with E-state index in [1.54, 1.807) is 20.2 Å². The minimum absolute atomic E-state index is 0.244. The van der Waals surface area contributed by atoms with Crippen LogP contribution >= 0.6 is 0 Å². The van der Waals surface area contributed by atoms with Crippen molar-refractivity contribution in [2.75, 3.05) is 20.7 Å². The van der Waals surface area contributed by atoms with Crippen molar-refractivity contribution in [1.82, 2.24) is 10.6 Å². The third-order valence-corrected chi connectivity index (χ3v) is 3.64. The normalized spacial score (nSPS) is 11.4. The van der Waals surface area contributed by atoms with Crippen molar-refractivity contribution < 1.29 is 9.13 Å². The minimum Gasteiger partial charge on any atom is -0.380 e. The van der Waals surface area contributed by atoms with E-state index < -0.39 is 0 Å². The Bertz CT molecular complexity index is 659. The van der Waals surface area contributed by atoms with Gasteiger partial charge in [0.15, 0.2) is 5.96 Å². The summed E-state index contributed by atoms with van der Waals surface area (Å²) in [6.07, 6.45) is 0.927. The SMILES string of the molecule is CN=C(NCCc1ccccc1)NCc1ccc(F)c(COC)c1. The monoisotopic (exact) mass is 329 g/mol. The molecule has 0 aliphatic heterocycles. The summed E-state index contributed by atoms with van der Waals surface area (Å²) in [5.74, 6) is 0.481. The van der Waals surface area contributed by atoms with Crippen LogP contribution in [0.1, 0.15) is 16.7 Å². The Labute approximate surface area is 142 Å².